The van der Waals surface area contributed by atoms with Crippen LogP contribution in [0, 0.1) is 0 Å². The number of thiophene rings is 1. The molecule has 0 saturated heterocycles. The highest BCUT2D eigenvalue weighted by atomic mass is 32.1. The minimum atomic E-state index is 0.740. The van der Waals surface area contributed by atoms with Crippen molar-refractivity contribution in [1.82, 2.24) is 15.0 Å². The molecule has 0 spiro atoms. The van der Waals surface area contributed by atoms with Gasteiger partial charge < -0.3 is 5.32 Å². The summed E-state index contributed by atoms with van der Waals surface area (Å²) >= 11 is 1.85. The second kappa shape index (κ2) is 7.08. The maximum absolute atomic E-state index is 4.94. The van der Waals surface area contributed by atoms with E-state index < -0.39 is 0 Å². The molecule has 1 aliphatic carbocycles. The Labute approximate surface area is 162 Å². The Morgan fingerprint density at radius 3 is 2.59 bits per heavy atom. The number of hydrogen-bond acceptors (Lipinski definition) is 5. The number of rotatable bonds is 4. The molecule has 0 radical (unpaired) electrons. The van der Waals surface area contributed by atoms with Crippen LogP contribution >= 0.6 is 11.3 Å². The molecule has 0 fully saturated rings. The summed E-state index contributed by atoms with van der Waals surface area (Å²) in [6.07, 6.45) is 9.16. The van der Waals surface area contributed by atoms with Gasteiger partial charge in [-0.1, -0.05) is 30.3 Å². The minimum Gasteiger partial charge on any atom is -0.339 e. The van der Waals surface area contributed by atoms with Crippen molar-refractivity contribution in [2.45, 2.75) is 32.1 Å². The lowest BCUT2D eigenvalue weighted by molar-refractivity contribution is 0.700. The number of nitrogens with one attached hydrogen (secondary N) is 1. The minimum absolute atomic E-state index is 0.740. The van der Waals surface area contributed by atoms with Gasteiger partial charge >= 0.3 is 0 Å². The first kappa shape index (κ1) is 16.4. The van der Waals surface area contributed by atoms with Crippen LogP contribution in [0.15, 0.2) is 54.9 Å². The van der Waals surface area contributed by atoms with Crippen LogP contribution in [0.25, 0.3) is 10.2 Å². The van der Waals surface area contributed by atoms with Crippen LogP contribution in [0.2, 0.25) is 0 Å². The molecule has 134 valence electrons. The van der Waals surface area contributed by atoms with Gasteiger partial charge in [0.2, 0.25) is 0 Å². The van der Waals surface area contributed by atoms with Crippen molar-refractivity contribution in [2.24, 2.45) is 0 Å². The molecule has 4 nitrogen and oxygen atoms in total. The van der Waals surface area contributed by atoms with Gasteiger partial charge in [0.1, 0.15) is 16.5 Å². The van der Waals surface area contributed by atoms with Crippen molar-refractivity contribution < 1.29 is 0 Å². The predicted molar refractivity (Wildman–Crippen MR) is 111 cm³/mol. The summed E-state index contributed by atoms with van der Waals surface area (Å²) in [7, 11) is 0. The highest BCUT2D eigenvalue weighted by molar-refractivity contribution is 7.19. The van der Waals surface area contributed by atoms with Crippen molar-refractivity contribution in [3.05, 3.63) is 76.7 Å². The molecule has 3 heterocycles. The van der Waals surface area contributed by atoms with E-state index in [4.69, 9.17) is 9.97 Å². The standard InChI is InChI=1S/C22H20N4S/c1-2-6-15(7-3-1)14-19-25-21(24-16-10-12-23-13-11-16)20-17-8-4-5-9-18(17)27-22(20)26-19/h1-3,6-7,10-13H,4-5,8-9,14H2,(H,23,24,25,26). The summed E-state index contributed by atoms with van der Waals surface area (Å²) in [4.78, 5) is 16.6. The highest BCUT2D eigenvalue weighted by Gasteiger charge is 2.21. The fourth-order valence-electron chi connectivity index (χ4n) is 3.72. The first-order valence-corrected chi connectivity index (χ1v) is 10.2. The second-order valence-corrected chi connectivity index (χ2v) is 7.99. The first-order chi connectivity index (χ1) is 13.4. The largest absolute Gasteiger partial charge is 0.339 e. The lowest BCUT2D eigenvalue weighted by atomic mass is 9.97. The second-order valence-electron chi connectivity index (χ2n) is 6.90. The number of aromatic nitrogens is 3. The van der Waals surface area contributed by atoms with E-state index in [0.717, 1.165) is 35.0 Å². The van der Waals surface area contributed by atoms with Crippen LogP contribution in [0.1, 0.15) is 34.7 Å². The van der Waals surface area contributed by atoms with Crippen LogP contribution in [0.5, 0.6) is 0 Å². The van der Waals surface area contributed by atoms with E-state index in [9.17, 15) is 0 Å². The van der Waals surface area contributed by atoms with E-state index in [-0.39, 0.29) is 0 Å². The lowest BCUT2D eigenvalue weighted by Crippen LogP contribution is -2.04. The van der Waals surface area contributed by atoms with Gasteiger partial charge in [0.25, 0.3) is 0 Å². The molecule has 0 unspecified atom stereocenters. The predicted octanol–water partition coefficient (Wildman–Crippen LogP) is 5.30. The maximum atomic E-state index is 4.94. The van der Waals surface area contributed by atoms with E-state index in [1.54, 1.807) is 12.4 Å². The molecular weight excluding hydrogens is 352 g/mol. The average Bonchev–Trinajstić information content (AvgIpc) is 3.08. The number of pyridine rings is 1. The van der Waals surface area contributed by atoms with Gasteiger partial charge in [0, 0.05) is 29.4 Å². The zero-order valence-corrected chi connectivity index (χ0v) is 15.8. The fraction of sp³-hybridized carbons (Fsp3) is 0.227. The molecule has 4 aromatic rings. The molecular formula is C22H20N4S. The lowest BCUT2D eigenvalue weighted by Gasteiger charge is -2.13. The third-order valence-electron chi connectivity index (χ3n) is 5.01. The van der Waals surface area contributed by atoms with E-state index in [1.807, 2.05) is 29.5 Å². The molecule has 3 aromatic heterocycles. The average molecular weight is 372 g/mol. The smallest absolute Gasteiger partial charge is 0.143 e. The van der Waals surface area contributed by atoms with Crippen molar-refractivity contribution in [2.75, 3.05) is 5.32 Å². The SMILES string of the molecule is c1ccc(Cc2nc(Nc3ccncc3)c3c4c(sc3n2)CCCC4)cc1. The van der Waals surface area contributed by atoms with Crippen molar-refractivity contribution in [3.63, 3.8) is 0 Å². The number of nitrogens with zero attached hydrogens (tertiary/aromatic N) is 3. The van der Waals surface area contributed by atoms with Crippen molar-refractivity contribution >= 4 is 33.1 Å². The number of aryl methyl sites for hydroxylation is 2. The molecule has 1 N–H and O–H groups in total. The Kier molecular flexibility index (Phi) is 4.30. The van der Waals surface area contributed by atoms with Gasteiger partial charge in [-0.15, -0.1) is 11.3 Å². The number of anilines is 2. The summed E-state index contributed by atoms with van der Waals surface area (Å²) in [5, 5.41) is 4.74. The van der Waals surface area contributed by atoms with Gasteiger partial charge in [-0.2, -0.15) is 0 Å². The molecule has 27 heavy (non-hydrogen) atoms. The third-order valence-corrected chi connectivity index (χ3v) is 6.19. The molecule has 0 aliphatic heterocycles. The molecule has 1 aliphatic rings. The van der Waals surface area contributed by atoms with Gasteiger partial charge in [-0.25, -0.2) is 9.97 Å². The highest BCUT2D eigenvalue weighted by Crippen LogP contribution is 2.39. The summed E-state index contributed by atoms with van der Waals surface area (Å²) in [6, 6.07) is 14.4. The summed E-state index contributed by atoms with van der Waals surface area (Å²) in [5.41, 5.74) is 3.68. The number of fused-ring (bicyclic) bond motifs is 3. The Hall–Kier alpha value is -2.79. The zero-order chi connectivity index (χ0) is 18.1. The van der Waals surface area contributed by atoms with E-state index in [2.05, 4.69) is 34.6 Å². The van der Waals surface area contributed by atoms with E-state index in [0.29, 0.717) is 0 Å². The third kappa shape index (κ3) is 3.30. The molecule has 1 aromatic carbocycles. The number of benzene rings is 1. The molecule has 5 heteroatoms. The number of hydrogen-bond donors (Lipinski definition) is 1. The van der Waals surface area contributed by atoms with Crippen LogP contribution < -0.4 is 5.32 Å². The topological polar surface area (TPSA) is 50.7 Å². The zero-order valence-electron chi connectivity index (χ0n) is 15.0. The van der Waals surface area contributed by atoms with Crippen LogP contribution in [-0.2, 0) is 19.3 Å². The monoisotopic (exact) mass is 372 g/mol. The Morgan fingerprint density at radius 2 is 1.74 bits per heavy atom. The summed E-state index contributed by atoms with van der Waals surface area (Å²) in [6.45, 7) is 0. The first-order valence-electron chi connectivity index (χ1n) is 9.39. The van der Waals surface area contributed by atoms with Crippen LogP contribution in [0.3, 0.4) is 0 Å². The molecule has 0 saturated carbocycles. The van der Waals surface area contributed by atoms with Gasteiger partial charge in [0.15, 0.2) is 0 Å². The Balaban J connectivity index is 1.62. The summed E-state index contributed by atoms with van der Waals surface area (Å²) in [5.74, 6) is 1.79. The van der Waals surface area contributed by atoms with E-state index >= 15 is 0 Å². The van der Waals surface area contributed by atoms with Gasteiger partial charge in [-0.05, 0) is 48.9 Å². The molecule has 0 atom stereocenters. The molecule has 0 bridgehead atoms. The Morgan fingerprint density at radius 1 is 0.926 bits per heavy atom. The van der Waals surface area contributed by atoms with Crippen molar-refractivity contribution in [3.8, 4) is 0 Å². The normalized spacial score (nSPS) is 13.5. The van der Waals surface area contributed by atoms with Crippen LogP contribution in [0.4, 0.5) is 11.5 Å². The van der Waals surface area contributed by atoms with E-state index in [1.165, 1.54) is 40.7 Å². The van der Waals surface area contributed by atoms with Crippen LogP contribution in [-0.4, -0.2) is 15.0 Å². The maximum Gasteiger partial charge on any atom is 0.143 e. The van der Waals surface area contributed by atoms with Crippen molar-refractivity contribution in [1.29, 1.82) is 0 Å². The quantitative estimate of drug-likeness (QED) is 0.528. The Bertz CT molecular complexity index is 1070. The molecule has 5 rings (SSSR count). The fourth-order valence-corrected chi connectivity index (χ4v) is 5.00. The molecule has 0 amide bonds. The van der Waals surface area contributed by atoms with Gasteiger partial charge in [-0.3, -0.25) is 4.98 Å². The van der Waals surface area contributed by atoms with Gasteiger partial charge in [0.05, 0.1) is 5.39 Å². The summed E-state index contributed by atoms with van der Waals surface area (Å²) < 4.78 is 0.